The number of benzene rings is 3. The van der Waals surface area contributed by atoms with Gasteiger partial charge in [0, 0.05) is 48.4 Å². The molecule has 36 heavy (non-hydrogen) atoms. The maximum atomic E-state index is 13.0. The Morgan fingerprint density at radius 2 is 1.67 bits per heavy atom. The van der Waals surface area contributed by atoms with E-state index in [-0.39, 0.29) is 17.9 Å². The predicted octanol–water partition coefficient (Wildman–Crippen LogP) is 4.11. The van der Waals surface area contributed by atoms with Crippen LogP contribution in [0.15, 0.2) is 72.8 Å². The number of carbonyl (C=O) groups excluding carboxylic acids is 2. The average Bonchev–Trinajstić information content (AvgIpc) is 3.34. The summed E-state index contributed by atoms with van der Waals surface area (Å²) in [5, 5.41) is 17.2. The summed E-state index contributed by atoms with van der Waals surface area (Å²) < 4.78 is 0. The molecule has 1 atom stereocenters. The first-order chi connectivity index (χ1) is 17.6. The molecule has 0 bridgehead atoms. The average molecular weight is 483 g/mol. The normalized spacial score (nSPS) is 14.4. The number of aromatic nitrogens is 2. The number of fused-ring (bicyclic) bond motifs is 1. The summed E-state index contributed by atoms with van der Waals surface area (Å²) in [6.07, 6.45) is 0.776. The van der Waals surface area contributed by atoms with Crippen LogP contribution in [-0.2, 0) is 0 Å². The van der Waals surface area contributed by atoms with Crippen molar-refractivity contribution < 1.29 is 9.59 Å². The Morgan fingerprint density at radius 3 is 2.39 bits per heavy atom. The minimum absolute atomic E-state index is 0.0814. The molecule has 2 heterocycles. The molecule has 0 radical (unpaired) electrons. The zero-order chi connectivity index (χ0) is 24.9. The van der Waals surface area contributed by atoms with E-state index < -0.39 is 0 Å². The van der Waals surface area contributed by atoms with Crippen molar-refractivity contribution in [1.29, 1.82) is 0 Å². The van der Waals surface area contributed by atoms with E-state index in [9.17, 15) is 9.59 Å². The van der Waals surface area contributed by atoms with Crippen LogP contribution >= 0.6 is 0 Å². The summed E-state index contributed by atoms with van der Waals surface area (Å²) in [7, 11) is 0. The standard InChI is InChI=1S/C28H30N6O2/c1-2-24(19-6-4-3-5-7-19)30-28(36)21-10-13-25-23(18-21)26(33-32-25)31-27(35)20-8-11-22(12-9-20)34-16-14-29-15-17-34/h3-13,18,24,29H,2,14-17H2,1H3,(H,30,36)(H2,31,32,33,35). The molecule has 0 spiro atoms. The molecule has 8 nitrogen and oxygen atoms in total. The molecule has 1 aliphatic rings. The second kappa shape index (κ2) is 10.6. The first-order valence-corrected chi connectivity index (χ1v) is 12.3. The van der Waals surface area contributed by atoms with Crippen LogP contribution < -0.4 is 20.9 Å². The third-order valence-corrected chi connectivity index (χ3v) is 6.58. The van der Waals surface area contributed by atoms with Gasteiger partial charge in [0.1, 0.15) is 0 Å². The van der Waals surface area contributed by atoms with Crippen LogP contribution in [0.4, 0.5) is 11.5 Å². The Bertz CT molecular complexity index is 1340. The van der Waals surface area contributed by atoms with E-state index in [1.54, 1.807) is 18.2 Å². The molecule has 2 amide bonds. The Morgan fingerprint density at radius 1 is 0.944 bits per heavy atom. The van der Waals surface area contributed by atoms with E-state index in [0.717, 1.165) is 49.4 Å². The van der Waals surface area contributed by atoms with Gasteiger partial charge >= 0.3 is 0 Å². The lowest BCUT2D eigenvalue weighted by Gasteiger charge is -2.29. The van der Waals surface area contributed by atoms with Gasteiger partial charge in [0.05, 0.1) is 11.6 Å². The van der Waals surface area contributed by atoms with Crippen LogP contribution in [0.5, 0.6) is 0 Å². The number of amides is 2. The topological polar surface area (TPSA) is 102 Å². The Kier molecular flexibility index (Phi) is 6.95. The van der Waals surface area contributed by atoms with Crippen LogP contribution in [0, 0.1) is 0 Å². The van der Waals surface area contributed by atoms with E-state index in [4.69, 9.17) is 0 Å². The van der Waals surface area contributed by atoms with E-state index in [0.29, 0.717) is 22.3 Å². The van der Waals surface area contributed by atoms with Crippen molar-refractivity contribution in [2.45, 2.75) is 19.4 Å². The van der Waals surface area contributed by atoms with Crippen molar-refractivity contribution in [2.24, 2.45) is 0 Å². The minimum atomic E-state index is -0.250. The van der Waals surface area contributed by atoms with E-state index in [1.165, 1.54) is 0 Å². The molecule has 1 unspecified atom stereocenters. The summed E-state index contributed by atoms with van der Waals surface area (Å²) in [6, 6.07) is 22.8. The van der Waals surface area contributed by atoms with Crippen LogP contribution in [-0.4, -0.2) is 48.2 Å². The fourth-order valence-electron chi connectivity index (χ4n) is 4.52. The van der Waals surface area contributed by atoms with Crippen molar-refractivity contribution >= 4 is 34.2 Å². The summed E-state index contributed by atoms with van der Waals surface area (Å²) in [5.41, 5.74) is 3.97. The highest BCUT2D eigenvalue weighted by Crippen LogP contribution is 2.24. The number of nitrogens with one attached hydrogen (secondary N) is 4. The van der Waals surface area contributed by atoms with Gasteiger partial charge in [-0.15, -0.1) is 0 Å². The number of piperazine rings is 1. The van der Waals surface area contributed by atoms with Gasteiger partial charge in [0.2, 0.25) is 0 Å². The van der Waals surface area contributed by atoms with Gasteiger partial charge in [0.25, 0.3) is 11.8 Å². The quantitative estimate of drug-likeness (QED) is 0.318. The van der Waals surface area contributed by atoms with E-state index >= 15 is 0 Å². The second-order valence-electron chi connectivity index (χ2n) is 8.92. The van der Waals surface area contributed by atoms with Gasteiger partial charge < -0.3 is 20.9 Å². The molecule has 3 aromatic carbocycles. The number of H-pyrrole nitrogens is 1. The third kappa shape index (κ3) is 5.08. The van der Waals surface area contributed by atoms with Crippen LogP contribution in [0.2, 0.25) is 0 Å². The van der Waals surface area contributed by atoms with Gasteiger partial charge in [-0.3, -0.25) is 14.7 Å². The summed E-state index contributed by atoms with van der Waals surface area (Å²) >= 11 is 0. The highest BCUT2D eigenvalue weighted by Gasteiger charge is 2.17. The van der Waals surface area contributed by atoms with E-state index in [2.05, 4.69) is 31.0 Å². The molecule has 0 aliphatic carbocycles. The molecule has 184 valence electrons. The Balaban J connectivity index is 1.30. The lowest BCUT2D eigenvalue weighted by molar-refractivity contribution is 0.0935. The van der Waals surface area contributed by atoms with Gasteiger partial charge in [-0.2, -0.15) is 5.10 Å². The van der Waals surface area contributed by atoms with Crippen LogP contribution in [0.3, 0.4) is 0 Å². The van der Waals surface area contributed by atoms with Gasteiger partial charge in [0.15, 0.2) is 5.82 Å². The number of rotatable bonds is 7. The number of hydrogen-bond acceptors (Lipinski definition) is 5. The minimum Gasteiger partial charge on any atom is -0.369 e. The van der Waals surface area contributed by atoms with Crippen LogP contribution in [0.1, 0.15) is 45.7 Å². The molecule has 8 heteroatoms. The maximum absolute atomic E-state index is 13.0. The SMILES string of the molecule is CCC(NC(=O)c1ccc2[nH]nc(NC(=O)c3ccc(N4CCNCC4)cc3)c2c1)c1ccccc1. The highest BCUT2D eigenvalue weighted by molar-refractivity contribution is 6.09. The fraction of sp³-hybridized carbons (Fsp3) is 0.250. The molecule has 1 saturated heterocycles. The smallest absolute Gasteiger partial charge is 0.256 e. The Labute approximate surface area is 210 Å². The Hall–Kier alpha value is -4.17. The molecular formula is C28H30N6O2. The summed E-state index contributed by atoms with van der Waals surface area (Å²) in [6.45, 7) is 5.86. The second-order valence-corrected chi connectivity index (χ2v) is 8.92. The van der Waals surface area contributed by atoms with Crippen molar-refractivity contribution in [3.05, 3.63) is 89.5 Å². The zero-order valence-electron chi connectivity index (χ0n) is 20.3. The molecule has 5 rings (SSSR count). The summed E-state index contributed by atoms with van der Waals surface area (Å²) in [5.74, 6) is -0.0271. The monoisotopic (exact) mass is 482 g/mol. The largest absolute Gasteiger partial charge is 0.369 e. The number of hydrogen-bond donors (Lipinski definition) is 4. The first-order valence-electron chi connectivity index (χ1n) is 12.3. The zero-order valence-corrected chi connectivity index (χ0v) is 20.3. The number of aromatic amines is 1. The van der Waals surface area contributed by atoms with Crippen LogP contribution in [0.25, 0.3) is 10.9 Å². The lowest BCUT2D eigenvalue weighted by Crippen LogP contribution is -2.43. The molecule has 1 fully saturated rings. The maximum Gasteiger partial charge on any atom is 0.256 e. The predicted molar refractivity (Wildman–Crippen MR) is 143 cm³/mol. The van der Waals surface area contributed by atoms with Crippen molar-refractivity contribution in [3.63, 3.8) is 0 Å². The number of carbonyl (C=O) groups is 2. The van der Waals surface area contributed by atoms with Gasteiger partial charge in [-0.05, 0) is 54.4 Å². The molecular weight excluding hydrogens is 452 g/mol. The first kappa shape index (κ1) is 23.6. The number of anilines is 2. The van der Waals surface area contributed by atoms with Gasteiger partial charge in [-0.25, -0.2) is 0 Å². The fourth-order valence-corrected chi connectivity index (χ4v) is 4.52. The third-order valence-electron chi connectivity index (χ3n) is 6.58. The molecule has 1 aromatic heterocycles. The molecule has 4 N–H and O–H groups in total. The lowest BCUT2D eigenvalue weighted by atomic mass is 10.0. The number of nitrogens with zero attached hydrogens (tertiary/aromatic N) is 2. The summed E-state index contributed by atoms with van der Waals surface area (Å²) in [4.78, 5) is 28.3. The van der Waals surface area contributed by atoms with Crippen molar-refractivity contribution in [3.8, 4) is 0 Å². The van der Waals surface area contributed by atoms with E-state index in [1.807, 2.05) is 61.5 Å². The highest BCUT2D eigenvalue weighted by atomic mass is 16.2. The van der Waals surface area contributed by atoms with Gasteiger partial charge in [-0.1, -0.05) is 37.3 Å². The van der Waals surface area contributed by atoms with Crippen molar-refractivity contribution in [1.82, 2.24) is 20.8 Å². The molecule has 1 aliphatic heterocycles. The molecule has 4 aromatic rings. The van der Waals surface area contributed by atoms with Crippen molar-refractivity contribution in [2.75, 3.05) is 36.4 Å². The molecule has 0 saturated carbocycles.